The Morgan fingerprint density at radius 1 is 1.08 bits per heavy atom. The minimum atomic E-state index is -3.76. The number of rotatable bonds is 7. The average Bonchev–Trinajstić information content (AvgIpc) is 3.28. The molecule has 0 unspecified atom stereocenters. The number of halogens is 1. The maximum absolute atomic E-state index is 12.7. The van der Waals surface area contributed by atoms with E-state index in [1.165, 1.54) is 46.8 Å². The summed E-state index contributed by atoms with van der Waals surface area (Å²) in [4.78, 5) is 15.3. The summed E-state index contributed by atoms with van der Waals surface area (Å²) in [5, 5.41) is 2.35. The molecular weight excluding hydrogens is 394 g/mol. The van der Waals surface area contributed by atoms with Crippen molar-refractivity contribution >= 4 is 38.7 Å². The predicted molar refractivity (Wildman–Crippen MR) is 101 cm³/mol. The fourth-order valence-electron chi connectivity index (χ4n) is 2.39. The fraction of sp³-hybridized carbons (Fsp3) is 0.167. The Balaban J connectivity index is 1.78. The predicted octanol–water partition coefficient (Wildman–Crippen LogP) is 4.00. The molecular formula is C18H16ClNO4S2. The second kappa shape index (κ2) is 8.07. The van der Waals surface area contributed by atoms with Crippen molar-refractivity contribution in [1.29, 1.82) is 0 Å². The van der Waals surface area contributed by atoms with Gasteiger partial charge in [-0.1, -0.05) is 17.7 Å². The number of furan rings is 1. The third-order valence-corrected chi connectivity index (χ3v) is 6.42. The van der Waals surface area contributed by atoms with E-state index in [4.69, 9.17) is 16.0 Å². The van der Waals surface area contributed by atoms with Gasteiger partial charge in [-0.3, -0.25) is 4.79 Å². The highest BCUT2D eigenvalue weighted by molar-refractivity contribution is 7.92. The highest BCUT2D eigenvalue weighted by Gasteiger charge is 2.24. The van der Waals surface area contributed by atoms with E-state index in [2.05, 4.69) is 0 Å². The van der Waals surface area contributed by atoms with Crippen molar-refractivity contribution < 1.29 is 17.6 Å². The molecule has 1 amide bonds. The van der Waals surface area contributed by atoms with E-state index in [0.717, 1.165) is 4.88 Å². The smallest absolute Gasteiger partial charge is 0.238 e. The quantitative estimate of drug-likeness (QED) is 0.591. The lowest BCUT2D eigenvalue weighted by molar-refractivity contribution is -0.129. The molecule has 2 aromatic heterocycles. The Bertz CT molecular complexity index is 913. The number of hydrogen-bond acceptors (Lipinski definition) is 5. The van der Waals surface area contributed by atoms with E-state index in [1.54, 1.807) is 12.1 Å². The van der Waals surface area contributed by atoms with Crippen LogP contribution in [-0.4, -0.2) is 25.0 Å². The summed E-state index contributed by atoms with van der Waals surface area (Å²) in [6.45, 7) is 0.535. The molecule has 136 valence electrons. The standard InChI is InChI=1S/C18H16ClNO4S2/c19-14-5-7-17(8-6-14)26(22,23)13-18(21)20(11-15-3-1-9-24-15)12-16-4-2-10-25-16/h1-10H,11-13H2. The summed E-state index contributed by atoms with van der Waals surface area (Å²) in [6.07, 6.45) is 1.52. The molecule has 0 aliphatic rings. The van der Waals surface area contributed by atoms with Gasteiger partial charge in [0.1, 0.15) is 11.5 Å². The number of nitrogens with zero attached hydrogens (tertiary/aromatic N) is 1. The number of amides is 1. The number of carbonyl (C=O) groups excluding carboxylic acids is 1. The van der Waals surface area contributed by atoms with E-state index in [-0.39, 0.29) is 11.4 Å². The summed E-state index contributed by atoms with van der Waals surface area (Å²) >= 11 is 7.31. The third-order valence-electron chi connectivity index (χ3n) is 3.69. The molecule has 3 rings (SSSR count). The molecule has 8 heteroatoms. The zero-order chi connectivity index (χ0) is 18.6. The number of sulfone groups is 1. The van der Waals surface area contributed by atoms with E-state index in [9.17, 15) is 13.2 Å². The van der Waals surface area contributed by atoms with Crippen LogP contribution in [0.4, 0.5) is 0 Å². The molecule has 0 aliphatic carbocycles. The third kappa shape index (κ3) is 4.75. The number of carbonyl (C=O) groups is 1. The van der Waals surface area contributed by atoms with Crippen LogP contribution in [-0.2, 0) is 27.7 Å². The number of thiophene rings is 1. The molecule has 0 bridgehead atoms. The maximum Gasteiger partial charge on any atom is 0.238 e. The molecule has 26 heavy (non-hydrogen) atoms. The van der Waals surface area contributed by atoms with Gasteiger partial charge >= 0.3 is 0 Å². The molecule has 0 spiro atoms. The van der Waals surface area contributed by atoms with Crippen LogP contribution in [0.3, 0.4) is 0 Å². The van der Waals surface area contributed by atoms with Crippen LogP contribution in [0.15, 0.2) is 69.5 Å². The molecule has 0 saturated heterocycles. The van der Waals surface area contributed by atoms with Gasteiger partial charge in [-0.25, -0.2) is 8.42 Å². The second-order valence-electron chi connectivity index (χ2n) is 5.62. The first-order valence-corrected chi connectivity index (χ1v) is 10.7. The van der Waals surface area contributed by atoms with Crippen LogP contribution in [0.25, 0.3) is 0 Å². The average molecular weight is 410 g/mol. The molecule has 0 saturated carbocycles. The van der Waals surface area contributed by atoms with Crippen molar-refractivity contribution in [2.24, 2.45) is 0 Å². The highest BCUT2D eigenvalue weighted by atomic mass is 35.5. The number of benzene rings is 1. The van der Waals surface area contributed by atoms with Gasteiger partial charge in [-0.15, -0.1) is 11.3 Å². The zero-order valence-corrected chi connectivity index (χ0v) is 16.1. The molecule has 2 heterocycles. The van der Waals surface area contributed by atoms with Crippen molar-refractivity contribution in [3.63, 3.8) is 0 Å². The molecule has 0 atom stereocenters. The van der Waals surface area contributed by atoms with Crippen molar-refractivity contribution in [2.75, 3.05) is 5.75 Å². The van der Waals surface area contributed by atoms with Gasteiger partial charge in [0.2, 0.25) is 5.91 Å². The summed E-state index contributed by atoms with van der Waals surface area (Å²) in [5.74, 6) is -0.496. The van der Waals surface area contributed by atoms with Gasteiger partial charge in [0.05, 0.1) is 24.2 Å². The molecule has 0 radical (unpaired) electrons. The van der Waals surface area contributed by atoms with Crippen LogP contribution >= 0.6 is 22.9 Å². The van der Waals surface area contributed by atoms with Crippen LogP contribution < -0.4 is 0 Å². The summed E-state index contributed by atoms with van der Waals surface area (Å²) in [7, 11) is -3.76. The maximum atomic E-state index is 12.7. The Kier molecular flexibility index (Phi) is 5.80. The first kappa shape index (κ1) is 18.7. The largest absolute Gasteiger partial charge is 0.467 e. The lowest BCUT2D eigenvalue weighted by Gasteiger charge is -2.21. The second-order valence-corrected chi connectivity index (χ2v) is 9.08. The normalized spacial score (nSPS) is 11.4. The first-order valence-electron chi connectivity index (χ1n) is 7.75. The molecule has 0 aliphatic heterocycles. The highest BCUT2D eigenvalue weighted by Crippen LogP contribution is 2.19. The molecule has 3 aromatic rings. The Hall–Kier alpha value is -2.09. The van der Waals surface area contributed by atoms with Crippen LogP contribution in [0, 0.1) is 0 Å². The SMILES string of the molecule is O=C(CS(=O)(=O)c1ccc(Cl)cc1)N(Cc1ccco1)Cc1cccs1. The molecule has 5 nitrogen and oxygen atoms in total. The summed E-state index contributed by atoms with van der Waals surface area (Å²) in [5.41, 5.74) is 0. The van der Waals surface area contributed by atoms with E-state index in [1.807, 2.05) is 17.5 Å². The monoisotopic (exact) mass is 409 g/mol. The Morgan fingerprint density at radius 2 is 1.85 bits per heavy atom. The van der Waals surface area contributed by atoms with Gasteiger partial charge in [-0.05, 0) is 47.8 Å². The lowest BCUT2D eigenvalue weighted by Crippen LogP contribution is -2.34. The van der Waals surface area contributed by atoms with Crippen LogP contribution in [0.1, 0.15) is 10.6 Å². The van der Waals surface area contributed by atoms with Crippen LogP contribution in [0.5, 0.6) is 0 Å². The molecule has 1 aromatic carbocycles. The lowest BCUT2D eigenvalue weighted by atomic mass is 10.3. The Labute approximate surface area is 160 Å². The van der Waals surface area contributed by atoms with Crippen LogP contribution in [0.2, 0.25) is 5.02 Å². The fourth-order valence-corrected chi connectivity index (χ4v) is 4.46. The van der Waals surface area contributed by atoms with Crippen molar-refractivity contribution in [3.05, 3.63) is 75.8 Å². The van der Waals surface area contributed by atoms with E-state index >= 15 is 0 Å². The summed E-state index contributed by atoms with van der Waals surface area (Å²) in [6, 6.07) is 13.1. The topological polar surface area (TPSA) is 67.6 Å². The first-order chi connectivity index (χ1) is 12.4. The van der Waals surface area contributed by atoms with Crippen molar-refractivity contribution in [1.82, 2.24) is 4.90 Å². The van der Waals surface area contributed by atoms with Gasteiger partial charge < -0.3 is 9.32 Å². The molecule has 0 N–H and O–H groups in total. The zero-order valence-electron chi connectivity index (χ0n) is 13.7. The van der Waals surface area contributed by atoms with E-state index < -0.39 is 21.5 Å². The number of hydrogen-bond donors (Lipinski definition) is 0. The van der Waals surface area contributed by atoms with E-state index in [0.29, 0.717) is 17.3 Å². The van der Waals surface area contributed by atoms with Crippen molar-refractivity contribution in [3.8, 4) is 0 Å². The molecule has 0 fully saturated rings. The minimum Gasteiger partial charge on any atom is -0.467 e. The Morgan fingerprint density at radius 3 is 2.46 bits per heavy atom. The van der Waals surface area contributed by atoms with Crippen molar-refractivity contribution in [2.45, 2.75) is 18.0 Å². The minimum absolute atomic E-state index is 0.0734. The van der Waals surface area contributed by atoms with Gasteiger partial charge in [0, 0.05) is 9.90 Å². The summed E-state index contributed by atoms with van der Waals surface area (Å²) < 4.78 is 30.4. The van der Waals surface area contributed by atoms with Gasteiger partial charge in [0.15, 0.2) is 9.84 Å². The van der Waals surface area contributed by atoms with Gasteiger partial charge in [-0.2, -0.15) is 0 Å². The van der Waals surface area contributed by atoms with Gasteiger partial charge in [0.25, 0.3) is 0 Å².